The van der Waals surface area contributed by atoms with Gasteiger partial charge < -0.3 is 0 Å². The molecular weight excluding hydrogens is 137 g/mol. The fourth-order valence-electron chi connectivity index (χ4n) is 0. The Labute approximate surface area is 58.5 Å². The number of hydrogen-bond acceptors (Lipinski definition) is 0. The fraction of sp³-hybridized carbons (Fsp3) is 0.250. The number of hydrogen-bond donors (Lipinski definition) is 0. The molecule has 0 heterocycles. The van der Waals surface area contributed by atoms with E-state index in [0.717, 1.165) is 5.57 Å². The van der Waals surface area contributed by atoms with Crippen LogP contribution in [0.5, 0.6) is 0 Å². The topological polar surface area (TPSA) is 0 Å². The molecule has 0 nitrogen and oxygen atoms in total. The van der Waals surface area contributed by atoms with Gasteiger partial charge in [-0.25, -0.2) is 19.1 Å². The van der Waals surface area contributed by atoms with E-state index in [4.69, 9.17) is 0 Å². The van der Waals surface area contributed by atoms with Crippen LogP contribution in [0.25, 0.3) is 0 Å². The maximum atomic E-state index is 3.44. The maximum absolute atomic E-state index is 3.44. The summed E-state index contributed by atoms with van der Waals surface area (Å²) < 4.78 is 0. The van der Waals surface area contributed by atoms with Crippen molar-refractivity contribution in [2.75, 3.05) is 0 Å². The van der Waals surface area contributed by atoms with Crippen molar-refractivity contribution >= 4 is 0 Å². The van der Waals surface area contributed by atoms with E-state index < -0.39 is 0 Å². The molecule has 0 aliphatic carbocycles. The van der Waals surface area contributed by atoms with Gasteiger partial charge in [0.25, 0.3) is 0 Å². The normalized spacial score (nSPS) is 5.00. The Morgan fingerprint density at radius 1 is 1.80 bits per heavy atom. The van der Waals surface area contributed by atoms with Crippen LogP contribution in [0.2, 0.25) is 0 Å². The Balaban J connectivity index is 0. The largest absolute Gasteiger partial charge is 0.242 e. The molecule has 5 heavy (non-hydrogen) atoms. The molecule has 0 fully saturated rings. The summed E-state index contributed by atoms with van der Waals surface area (Å²) in [6.45, 7) is 8.75. The second-order valence-corrected chi connectivity index (χ2v) is 0.957. The van der Waals surface area contributed by atoms with Crippen LogP contribution >= 0.6 is 0 Å². The Bertz CT molecular complexity index is 26.6. The van der Waals surface area contributed by atoms with Gasteiger partial charge in [-0.3, -0.25) is 0 Å². The number of rotatable bonds is 0. The third kappa shape index (κ3) is 68.1. The van der Waals surface area contributed by atoms with Crippen molar-refractivity contribution in [1.29, 1.82) is 0 Å². The van der Waals surface area contributed by atoms with Gasteiger partial charge in [-0.05, 0) is 0 Å². The first kappa shape index (κ1) is 9.21. The molecule has 0 N–H and O–H groups in total. The summed E-state index contributed by atoms with van der Waals surface area (Å²) in [4.78, 5) is 0. The van der Waals surface area contributed by atoms with Gasteiger partial charge in [-0.15, -0.1) is 0 Å². The van der Waals surface area contributed by atoms with Crippen LogP contribution in [0.15, 0.2) is 12.2 Å². The number of allylic oxidation sites excluding steroid dienone is 1. The van der Waals surface area contributed by atoms with Crippen LogP contribution in [0.3, 0.4) is 0 Å². The van der Waals surface area contributed by atoms with Gasteiger partial charge in [-0.2, -0.15) is 0 Å². The van der Waals surface area contributed by atoms with Crippen molar-refractivity contribution < 1.29 is 32.7 Å². The summed E-state index contributed by atoms with van der Waals surface area (Å²) in [5, 5.41) is 0. The van der Waals surface area contributed by atoms with Gasteiger partial charge in [0, 0.05) is 32.7 Å². The SMILES string of the molecule is C=C([CH2-])C.[Y]. The molecule has 0 rings (SSSR count). The Morgan fingerprint density at radius 3 is 1.80 bits per heavy atom. The van der Waals surface area contributed by atoms with E-state index in [-0.39, 0.29) is 32.7 Å². The molecule has 1 heteroatoms. The average Bonchev–Trinajstić information content (AvgIpc) is 0.811. The maximum Gasteiger partial charge on any atom is 0 e. The van der Waals surface area contributed by atoms with E-state index in [1.807, 2.05) is 6.92 Å². The Kier molecular flexibility index (Phi) is 8.68. The van der Waals surface area contributed by atoms with E-state index >= 15 is 0 Å². The molecule has 0 saturated carbocycles. The van der Waals surface area contributed by atoms with Crippen LogP contribution in [-0.2, 0) is 32.7 Å². The van der Waals surface area contributed by atoms with E-state index in [1.165, 1.54) is 0 Å². The van der Waals surface area contributed by atoms with Gasteiger partial charge >= 0.3 is 0 Å². The van der Waals surface area contributed by atoms with Crippen molar-refractivity contribution in [3.05, 3.63) is 19.1 Å². The first-order chi connectivity index (χ1) is 1.73. The molecule has 1 radical (unpaired) electrons. The molecule has 0 aliphatic heterocycles. The zero-order chi connectivity index (χ0) is 3.58. The minimum absolute atomic E-state index is 0. The molecular formula is C4H7Y-. The van der Waals surface area contributed by atoms with Crippen molar-refractivity contribution in [2.45, 2.75) is 6.92 Å². The van der Waals surface area contributed by atoms with E-state index in [1.54, 1.807) is 0 Å². The first-order valence-electron chi connectivity index (χ1n) is 1.21. The first-order valence-corrected chi connectivity index (χ1v) is 1.21. The van der Waals surface area contributed by atoms with Crippen LogP contribution in [0.1, 0.15) is 6.92 Å². The van der Waals surface area contributed by atoms with Crippen molar-refractivity contribution in [2.24, 2.45) is 0 Å². The summed E-state index contributed by atoms with van der Waals surface area (Å²) in [5.41, 5.74) is 0.917. The van der Waals surface area contributed by atoms with Gasteiger partial charge in [-0.1, -0.05) is 6.92 Å². The van der Waals surface area contributed by atoms with Gasteiger partial charge in [0.2, 0.25) is 0 Å². The molecule has 0 aromatic rings. The summed E-state index contributed by atoms with van der Waals surface area (Å²) >= 11 is 0. The summed E-state index contributed by atoms with van der Waals surface area (Å²) in [6.07, 6.45) is 0. The van der Waals surface area contributed by atoms with Crippen LogP contribution in [-0.4, -0.2) is 0 Å². The predicted octanol–water partition coefficient (Wildman–Crippen LogP) is 1.39. The van der Waals surface area contributed by atoms with Crippen LogP contribution < -0.4 is 0 Å². The summed E-state index contributed by atoms with van der Waals surface area (Å²) in [7, 11) is 0. The molecule has 27 valence electrons. The molecule has 0 aliphatic rings. The third-order valence-electron chi connectivity index (χ3n) is 0. The average molecular weight is 144 g/mol. The summed E-state index contributed by atoms with van der Waals surface area (Å²) in [6, 6.07) is 0. The zero-order valence-electron chi connectivity index (χ0n) is 3.49. The van der Waals surface area contributed by atoms with E-state index in [2.05, 4.69) is 13.5 Å². The molecule has 0 unspecified atom stereocenters. The summed E-state index contributed by atoms with van der Waals surface area (Å²) in [5.74, 6) is 0. The molecule has 0 atom stereocenters. The molecule has 0 amide bonds. The molecule has 0 saturated heterocycles. The monoisotopic (exact) mass is 144 g/mol. The van der Waals surface area contributed by atoms with Crippen molar-refractivity contribution in [3.63, 3.8) is 0 Å². The molecule has 0 spiro atoms. The van der Waals surface area contributed by atoms with Crippen molar-refractivity contribution in [1.82, 2.24) is 0 Å². The van der Waals surface area contributed by atoms with E-state index in [0.29, 0.717) is 0 Å². The predicted molar refractivity (Wildman–Crippen MR) is 20.2 cm³/mol. The Hall–Kier alpha value is 0.714. The van der Waals surface area contributed by atoms with Crippen LogP contribution in [0, 0.1) is 6.92 Å². The minimum atomic E-state index is 0. The van der Waals surface area contributed by atoms with Gasteiger partial charge in [0.1, 0.15) is 0 Å². The van der Waals surface area contributed by atoms with E-state index in [9.17, 15) is 0 Å². The third-order valence-corrected chi connectivity index (χ3v) is 0. The van der Waals surface area contributed by atoms with Gasteiger partial charge in [0.15, 0.2) is 0 Å². The van der Waals surface area contributed by atoms with Gasteiger partial charge in [0.05, 0.1) is 0 Å². The van der Waals surface area contributed by atoms with Crippen LogP contribution in [0.4, 0.5) is 0 Å². The molecule has 0 bridgehead atoms. The van der Waals surface area contributed by atoms with Crippen molar-refractivity contribution in [3.8, 4) is 0 Å². The fourth-order valence-corrected chi connectivity index (χ4v) is 0. The molecule has 0 aromatic heterocycles. The second kappa shape index (κ2) is 4.71. The quantitative estimate of drug-likeness (QED) is 0.450. The Morgan fingerprint density at radius 2 is 1.80 bits per heavy atom. The minimum Gasteiger partial charge on any atom is -0.242 e. The molecule has 0 aromatic carbocycles. The zero-order valence-corrected chi connectivity index (χ0v) is 6.33. The standard InChI is InChI=1S/C4H7.Y/c1-4(2)3;/h1-2H2,3H3;/q-1;. The second-order valence-electron chi connectivity index (χ2n) is 0.957. The smallest absolute Gasteiger partial charge is 0 e.